The number of benzene rings is 1. The summed E-state index contributed by atoms with van der Waals surface area (Å²) >= 11 is 0. The largest absolute Gasteiger partial charge is 0.416 e. The minimum Gasteiger partial charge on any atom is -0.309 e. The Balaban J connectivity index is 2.13. The maximum atomic E-state index is 12.9. The lowest BCUT2D eigenvalue weighted by Crippen LogP contribution is -2.28. The second-order valence-electron chi connectivity index (χ2n) is 5.22. The zero-order valence-corrected chi connectivity index (χ0v) is 11.2. The second-order valence-corrected chi connectivity index (χ2v) is 5.22. The summed E-state index contributed by atoms with van der Waals surface area (Å²) in [5.74, 6) is 0. The van der Waals surface area contributed by atoms with E-state index in [0.717, 1.165) is 25.1 Å². The highest BCUT2D eigenvalue weighted by Crippen LogP contribution is 2.40. The van der Waals surface area contributed by atoms with E-state index >= 15 is 0 Å². The van der Waals surface area contributed by atoms with Crippen LogP contribution in [0.4, 0.5) is 13.2 Å². The third kappa shape index (κ3) is 3.28. The minimum atomic E-state index is -4.25. The van der Waals surface area contributed by atoms with Gasteiger partial charge in [0.15, 0.2) is 0 Å². The number of fused-ring (bicyclic) bond motifs is 1. The molecule has 0 saturated heterocycles. The lowest BCUT2D eigenvalue weighted by atomic mass is 10.0. The number of likely N-dealkylation sites (N-methyl/N-ethyl adjacent to an activating group) is 1. The Labute approximate surface area is 111 Å². The molecule has 1 aliphatic carbocycles. The molecule has 19 heavy (non-hydrogen) atoms. The highest BCUT2D eigenvalue weighted by molar-refractivity contribution is 5.42. The van der Waals surface area contributed by atoms with Gasteiger partial charge in [0.2, 0.25) is 0 Å². The quantitative estimate of drug-likeness (QED) is 0.906. The van der Waals surface area contributed by atoms with Crippen LogP contribution in [0.5, 0.6) is 0 Å². The van der Waals surface area contributed by atoms with Gasteiger partial charge in [0.1, 0.15) is 0 Å². The number of alkyl halides is 3. The Hall–Kier alpha value is -1.07. The summed E-state index contributed by atoms with van der Waals surface area (Å²) in [6.45, 7) is 1.66. The van der Waals surface area contributed by atoms with Crippen LogP contribution in [0.2, 0.25) is 0 Å². The zero-order chi connectivity index (χ0) is 14.0. The molecule has 0 aromatic heterocycles. The summed E-state index contributed by atoms with van der Waals surface area (Å²) in [4.78, 5) is 2.05. The van der Waals surface area contributed by atoms with Crippen LogP contribution in [0.3, 0.4) is 0 Å². The van der Waals surface area contributed by atoms with Crippen molar-refractivity contribution in [2.24, 2.45) is 0 Å². The van der Waals surface area contributed by atoms with Gasteiger partial charge in [-0.05, 0) is 44.1 Å². The topological polar surface area (TPSA) is 15.3 Å². The Morgan fingerprint density at radius 2 is 2.05 bits per heavy atom. The van der Waals surface area contributed by atoms with Gasteiger partial charge < -0.3 is 10.2 Å². The molecule has 0 spiro atoms. The number of rotatable bonds is 4. The Morgan fingerprint density at radius 3 is 2.68 bits per heavy atom. The van der Waals surface area contributed by atoms with E-state index in [9.17, 15) is 13.2 Å². The van der Waals surface area contributed by atoms with Crippen LogP contribution in [0.15, 0.2) is 18.2 Å². The van der Waals surface area contributed by atoms with Crippen molar-refractivity contribution < 1.29 is 13.2 Å². The van der Waals surface area contributed by atoms with Gasteiger partial charge in [-0.3, -0.25) is 0 Å². The van der Waals surface area contributed by atoms with Crippen LogP contribution >= 0.6 is 0 Å². The molecule has 1 aromatic rings. The molecule has 0 saturated carbocycles. The Kier molecular flexibility index (Phi) is 4.16. The van der Waals surface area contributed by atoms with Crippen LogP contribution in [0, 0.1) is 0 Å². The molecule has 1 atom stereocenters. The summed E-state index contributed by atoms with van der Waals surface area (Å²) in [6.07, 6.45) is -3.00. The van der Waals surface area contributed by atoms with Gasteiger partial charge in [-0.2, -0.15) is 13.2 Å². The van der Waals surface area contributed by atoms with Crippen molar-refractivity contribution in [1.82, 2.24) is 10.2 Å². The van der Waals surface area contributed by atoms with E-state index in [4.69, 9.17) is 0 Å². The highest BCUT2D eigenvalue weighted by Gasteiger charge is 2.36. The maximum Gasteiger partial charge on any atom is 0.416 e. The molecule has 1 aromatic carbocycles. The first-order valence-electron chi connectivity index (χ1n) is 6.46. The number of halogens is 3. The summed E-state index contributed by atoms with van der Waals surface area (Å²) in [7, 11) is 3.96. The first kappa shape index (κ1) is 14.3. The van der Waals surface area contributed by atoms with Crippen molar-refractivity contribution >= 4 is 0 Å². The number of hydrogen-bond acceptors (Lipinski definition) is 2. The lowest BCUT2D eigenvalue weighted by Gasteiger charge is -2.17. The van der Waals surface area contributed by atoms with Crippen molar-refractivity contribution in [2.75, 3.05) is 27.2 Å². The predicted octanol–water partition coefficient (Wildman–Crippen LogP) is 2.84. The molecule has 0 heterocycles. The predicted molar refractivity (Wildman–Crippen MR) is 69.1 cm³/mol. The second kappa shape index (κ2) is 5.51. The smallest absolute Gasteiger partial charge is 0.309 e. The number of nitrogens with one attached hydrogen (secondary N) is 1. The molecule has 1 unspecified atom stereocenters. The molecular formula is C14H19F3N2. The maximum absolute atomic E-state index is 12.9. The summed E-state index contributed by atoms with van der Waals surface area (Å²) < 4.78 is 38.7. The van der Waals surface area contributed by atoms with Gasteiger partial charge in [0, 0.05) is 19.1 Å². The van der Waals surface area contributed by atoms with Crippen molar-refractivity contribution in [1.29, 1.82) is 0 Å². The van der Waals surface area contributed by atoms with E-state index in [0.29, 0.717) is 12.0 Å². The monoisotopic (exact) mass is 272 g/mol. The van der Waals surface area contributed by atoms with E-state index < -0.39 is 11.7 Å². The van der Waals surface area contributed by atoms with Crippen LogP contribution < -0.4 is 5.32 Å². The van der Waals surface area contributed by atoms with Gasteiger partial charge in [-0.1, -0.05) is 12.1 Å². The fraction of sp³-hybridized carbons (Fsp3) is 0.571. The highest BCUT2D eigenvalue weighted by atomic mass is 19.4. The van der Waals surface area contributed by atoms with Crippen LogP contribution in [0.25, 0.3) is 0 Å². The summed E-state index contributed by atoms with van der Waals surface area (Å²) in [5, 5.41) is 3.34. The van der Waals surface area contributed by atoms with Gasteiger partial charge >= 0.3 is 6.18 Å². The SMILES string of the molecule is CN(C)CCNC1CCc2c1cccc2C(F)(F)F. The Bertz CT molecular complexity index is 441. The first-order chi connectivity index (χ1) is 8.89. The average Bonchev–Trinajstić information content (AvgIpc) is 2.70. The molecule has 0 bridgehead atoms. The normalized spacial score (nSPS) is 18.9. The van der Waals surface area contributed by atoms with Gasteiger partial charge in [-0.15, -0.1) is 0 Å². The molecule has 0 amide bonds. The zero-order valence-electron chi connectivity index (χ0n) is 11.2. The molecule has 5 heteroatoms. The van der Waals surface area contributed by atoms with E-state index in [2.05, 4.69) is 10.2 Å². The first-order valence-corrected chi connectivity index (χ1v) is 6.46. The molecular weight excluding hydrogens is 253 g/mol. The van der Waals surface area contributed by atoms with Gasteiger partial charge in [0.25, 0.3) is 0 Å². The molecule has 2 nitrogen and oxygen atoms in total. The van der Waals surface area contributed by atoms with Crippen molar-refractivity contribution in [3.8, 4) is 0 Å². The van der Waals surface area contributed by atoms with E-state index in [1.165, 1.54) is 12.1 Å². The van der Waals surface area contributed by atoms with E-state index in [1.807, 2.05) is 20.2 Å². The van der Waals surface area contributed by atoms with Crippen molar-refractivity contribution in [3.05, 3.63) is 34.9 Å². The molecule has 0 fully saturated rings. The molecule has 2 rings (SSSR count). The minimum absolute atomic E-state index is 0.0530. The van der Waals surface area contributed by atoms with Gasteiger partial charge in [-0.25, -0.2) is 0 Å². The van der Waals surface area contributed by atoms with E-state index in [1.54, 1.807) is 0 Å². The summed E-state index contributed by atoms with van der Waals surface area (Å²) in [5.41, 5.74) is 0.813. The fourth-order valence-corrected chi connectivity index (χ4v) is 2.59. The molecule has 0 aliphatic heterocycles. The van der Waals surface area contributed by atoms with Crippen LogP contribution in [-0.2, 0) is 12.6 Å². The van der Waals surface area contributed by atoms with Crippen LogP contribution in [0.1, 0.15) is 29.2 Å². The summed E-state index contributed by atoms with van der Waals surface area (Å²) in [6, 6.07) is 4.55. The number of hydrogen-bond donors (Lipinski definition) is 1. The third-order valence-electron chi connectivity index (χ3n) is 3.53. The van der Waals surface area contributed by atoms with Gasteiger partial charge in [0.05, 0.1) is 5.56 Å². The number of nitrogens with zero attached hydrogens (tertiary/aromatic N) is 1. The van der Waals surface area contributed by atoms with Crippen molar-refractivity contribution in [2.45, 2.75) is 25.1 Å². The standard InChI is InChI=1S/C14H19F3N2/c1-19(2)9-8-18-13-7-6-10-11(13)4-3-5-12(10)14(15,16)17/h3-5,13,18H,6-9H2,1-2H3. The molecule has 106 valence electrons. The molecule has 1 N–H and O–H groups in total. The molecule has 0 radical (unpaired) electrons. The Morgan fingerprint density at radius 1 is 1.32 bits per heavy atom. The van der Waals surface area contributed by atoms with E-state index in [-0.39, 0.29) is 6.04 Å². The average molecular weight is 272 g/mol. The lowest BCUT2D eigenvalue weighted by molar-refractivity contribution is -0.138. The third-order valence-corrected chi connectivity index (χ3v) is 3.53. The van der Waals surface area contributed by atoms with Crippen molar-refractivity contribution in [3.63, 3.8) is 0 Å². The molecule has 1 aliphatic rings. The fourth-order valence-electron chi connectivity index (χ4n) is 2.59. The van der Waals surface area contributed by atoms with Crippen LogP contribution in [-0.4, -0.2) is 32.1 Å².